The highest BCUT2D eigenvalue weighted by Crippen LogP contribution is 2.12. The van der Waals surface area contributed by atoms with Gasteiger partial charge in [-0.1, -0.05) is 20.8 Å². The molecule has 0 unspecified atom stereocenters. The van der Waals surface area contributed by atoms with Crippen molar-refractivity contribution in [2.24, 2.45) is 0 Å². The fraction of sp³-hybridized carbons (Fsp3) is 0.500. The molecule has 0 aliphatic rings. The highest BCUT2D eigenvalue weighted by atomic mass is 16.5. The number of ether oxygens (including phenoxy) is 1. The first-order valence-electron chi connectivity index (χ1n) is 5.47. The number of nitrogens with zero attached hydrogens (tertiary/aromatic N) is 1. The number of aromatic amines is 1. The molecule has 0 saturated carbocycles. The van der Waals surface area contributed by atoms with Crippen molar-refractivity contribution in [3.63, 3.8) is 0 Å². The number of aromatic nitrogens is 2. The van der Waals surface area contributed by atoms with Gasteiger partial charge in [0, 0.05) is 16.8 Å². The van der Waals surface area contributed by atoms with Crippen molar-refractivity contribution in [3.8, 4) is 0 Å². The Kier molecular flexibility index (Phi) is 6.92. The number of hydrogen-bond donors (Lipinski definition) is 1. The predicted molar refractivity (Wildman–Crippen MR) is 65.0 cm³/mol. The number of carbonyl (C=O) groups is 1. The van der Waals surface area contributed by atoms with Crippen LogP contribution >= 0.6 is 0 Å². The maximum atomic E-state index is 11.3. The Morgan fingerprint density at radius 2 is 2.19 bits per heavy atom. The molecule has 0 atom stereocenters. The van der Waals surface area contributed by atoms with Crippen LogP contribution < -0.4 is 0 Å². The van der Waals surface area contributed by atoms with Crippen molar-refractivity contribution in [1.29, 1.82) is 0 Å². The lowest BCUT2D eigenvalue weighted by Crippen LogP contribution is -2.03. The largest absolute Gasteiger partial charge is 0.466 e. The molecule has 0 spiro atoms. The number of hydrogen-bond acceptors (Lipinski definition) is 3. The molecular formula is C12H20N2O2. The topological polar surface area (TPSA) is 55.0 Å². The van der Waals surface area contributed by atoms with Gasteiger partial charge in [0.25, 0.3) is 0 Å². The Morgan fingerprint density at radius 1 is 1.56 bits per heavy atom. The number of rotatable bonds is 3. The number of aryl methyl sites for hydroxylation is 1. The van der Waals surface area contributed by atoms with Gasteiger partial charge in [-0.3, -0.25) is 5.10 Å². The SMILES string of the molecule is CC.CC/C(=C\c1cn[nH]c1C)C(=O)OC. The number of nitrogens with one attached hydrogen (secondary N) is 1. The van der Waals surface area contributed by atoms with Crippen LogP contribution in [0.4, 0.5) is 0 Å². The Balaban J connectivity index is 0.00000106. The van der Waals surface area contributed by atoms with E-state index in [9.17, 15) is 4.79 Å². The van der Waals surface area contributed by atoms with Gasteiger partial charge in [-0.15, -0.1) is 0 Å². The molecule has 1 N–H and O–H groups in total. The number of H-pyrrole nitrogens is 1. The van der Waals surface area contributed by atoms with Gasteiger partial charge in [-0.2, -0.15) is 5.10 Å². The summed E-state index contributed by atoms with van der Waals surface area (Å²) >= 11 is 0. The van der Waals surface area contributed by atoms with Gasteiger partial charge in [0.05, 0.1) is 13.3 Å². The van der Waals surface area contributed by atoms with E-state index in [1.54, 1.807) is 12.3 Å². The molecule has 1 rings (SSSR count). The maximum absolute atomic E-state index is 11.3. The molecule has 0 fully saturated rings. The summed E-state index contributed by atoms with van der Waals surface area (Å²) in [4.78, 5) is 11.3. The quantitative estimate of drug-likeness (QED) is 0.634. The van der Waals surface area contributed by atoms with Crippen LogP contribution in [0.1, 0.15) is 38.4 Å². The van der Waals surface area contributed by atoms with Gasteiger partial charge >= 0.3 is 5.97 Å². The average Bonchev–Trinajstić information content (AvgIpc) is 2.73. The van der Waals surface area contributed by atoms with Crippen LogP contribution in [0.5, 0.6) is 0 Å². The van der Waals surface area contributed by atoms with E-state index in [1.165, 1.54) is 7.11 Å². The van der Waals surface area contributed by atoms with Gasteiger partial charge in [0.2, 0.25) is 0 Å². The zero-order valence-electron chi connectivity index (χ0n) is 10.6. The predicted octanol–water partition coefficient (Wildman–Crippen LogP) is 2.71. The Morgan fingerprint density at radius 3 is 2.56 bits per heavy atom. The minimum Gasteiger partial charge on any atom is -0.466 e. The normalized spacial score (nSPS) is 10.4. The van der Waals surface area contributed by atoms with E-state index in [0.29, 0.717) is 12.0 Å². The van der Waals surface area contributed by atoms with Gasteiger partial charge in [0.1, 0.15) is 0 Å². The lowest BCUT2D eigenvalue weighted by Gasteiger charge is -2.01. The molecule has 0 aliphatic heterocycles. The molecule has 0 bridgehead atoms. The van der Waals surface area contributed by atoms with Crippen molar-refractivity contribution < 1.29 is 9.53 Å². The zero-order chi connectivity index (χ0) is 12.6. The van der Waals surface area contributed by atoms with Crippen molar-refractivity contribution in [3.05, 3.63) is 23.0 Å². The Bertz CT molecular complexity index is 354. The van der Waals surface area contributed by atoms with E-state index in [4.69, 9.17) is 0 Å². The molecular weight excluding hydrogens is 204 g/mol. The maximum Gasteiger partial charge on any atom is 0.333 e. The summed E-state index contributed by atoms with van der Waals surface area (Å²) in [6.07, 6.45) is 4.13. The van der Waals surface area contributed by atoms with Gasteiger partial charge in [-0.25, -0.2) is 4.79 Å². The Hall–Kier alpha value is -1.58. The summed E-state index contributed by atoms with van der Waals surface area (Å²) in [5.74, 6) is -0.284. The molecule has 1 aromatic heterocycles. The molecule has 0 saturated heterocycles. The van der Waals surface area contributed by atoms with Crippen LogP contribution in [-0.4, -0.2) is 23.3 Å². The molecule has 1 heterocycles. The third-order valence-electron chi connectivity index (χ3n) is 2.03. The number of methoxy groups -OCH3 is 1. The monoisotopic (exact) mass is 224 g/mol. The summed E-state index contributed by atoms with van der Waals surface area (Å²) in [6, 6.07) is 0. The first kappa shape index (κ1) is 14.4. The first-order chi connectivity index (χ1) is 7.69. The lowest BCUT2D eigenvalue weighted by atomic mass is 10.1. The first-order valence-corrected chi connectivity index (χ1v) is 5.47. The fourth-order valence-corrected chi connectivity index (χ4v) is 1.13. The van der Waals surface area contributed by atoms with Crippen LogP contribution in [0.25, 0.3) is 6.08 Å². The summed E-state index contributed by atoms with van der Waals surface area (Å²) < 4.78 is 4.65. The van der Waals surface area contributed by atoms with E-state index >= 15 is 0 Å². The molecule has 0 aromatic carbocycles. The standard InChI is InChI=1S/C10H14N2O2.C2H6/c1-4-8(10(13)14-3)5-9-6-11-12-7(9)2;1-2/h5-6H,4H2,1-3H3,(H,11,12);1-2H3/b8-5+;. The summed E-state index contributed by atoms with van der Waals surface area (Å²) in [6.45, 7) is 7.82. The van der Waals surface area contributed by atoms with Crippen LogP contribution in [0.15, 0.2) is 11.8 Å². The van der Waals surface area contributed by atoms with Crippen molar-refractivity contribution in [1.82, 2.24) is 10.2 Å². The van der Waals surface area contributed by atoms with Crippen LogP contribution in [0.2, 0.25) is 0 Å². The zero-order valence-corrected chi connectivity index (χ0v) is 10.6. The molecule has 0 radical (unpaired) electrons. The van der Waals surface area contributed by atoms with E-state index < -0.39 is 0 Å². The highest BCUT2D eigenvalue weighted by Gasteiger charge is 2.08. The van der Waals surface area contributed by atoms with E-state index in [2.05, 4.69) is 14.9 Å². The van der Waals surface area contributed by atoms with Crippen molar-refractivity contribution in [2.45, 2.75) is 34.1 Å². The highest BCUT2D eigenvalue weighted by molar-refractivity contribution is 5.93. The van der Waals surface area contributed by atoms with Crippen LogP contribution in [0, 0.1) is 6.92 Å². The molecule has 4 nitrogen and oxygen atoms in total. The summed E-state index contributed by atoms with van der Waals surface area (Å²) in [7, 11) is 1.38. The third kappa shape index (κ3) is 3.88. The van der Waals surface area contributed by atoms with Crippen LogP contribution in [-0.2, 0) is 9.53 Å². The molecule has 90 valence electrons. The summed E-state index contributed by atoms with van der Waals surface area (Å²) in [5.41, 5.74) is 2.52. The fourth-order valence-electron chi connectivity index (χ4n) is 1.13. The minimum atomic E-state index is -0.284. The van der Waals surface area contributed by atoms with Gasteiger partial charge in [0.15, 0.2) is 0 Å². The molecule has 0 amide bonds. The average molecular weight is 224 g/mol. The molecule has 0 aliphatic carbocycles. The van der Waals surface area contributed by atoms with Crippen LogP contribution in [0.3, 0.4) is 0 Å². The van der Waals surface area contributed by atoms with Crippen molar-refractivity contribution >= 4 is 12.0 Å². The van der Waals surface area contributed by atoms with E-state index in [-0.39, 0.29) is 5.97 Å². The lowest BCUT2D eigenvalue weighted by molar-refractivity contribution is -0.136. The summed E-state index contributed by atoms with van der Waals surface area (Å²) in [5, 5.41) is 6.68. The third-order valence-corrected chi connectivity index (χ3v) is 2.03. The molecule has 4 heteroatoms. The van der Waals surface area contributed by atoms with E-state index in [1.807, 2.05) is 27.7 Å². The number of carbonyl (C=O) groups excluding carboxylic acids is 1. The van der Waals surface area contributed by atoms with Crippen molar-refractivity contribution in [2.75, 3.05) is 7.11 Å². The van der Waals surface area contributed by atoms with E-state index in [0.717, 1.165) is 11.3 Å². The van der Waals surface area contributed by atoms with Gasteiger partial charge in [-0.05, 0) is 19.4 Å². The smallest absolute Gasteiger partial charge is 0.333 e. The second kappa shape index (κ2) is 7.68. The minimum absolute atomic E-state index is 0.284. The Labute approximate surface area is 96.7 Å². The second-order valence-corrected chi connectivity index (χ2v) is 2.97. The van der Waals surface area contributed by atoms with Gasteiger partial charge < -0.3 is 4.74 Å². The second-order valence-electron chi connectivity index (χ2n) is 2.97. The molecule has 16 heavy (non-hydrogen) atoms. The number of esters is 1. The molecule has 1 aromatic rings.